The summed E-state index contributed by atoms with van der Waals surface area (Å²) in [7, 11) is 0. The summed E-state index contributed by atoms with van der Waals surface area (Å²) in [6.07, 6.45) is 1.89. The van der Waals surface area contributed by atoms with Gasteiger partial charge in [-0.05, 0) is 67.3 Å². The van der Waals surface area contributed by atoms with Crippen molar-refractivity contribution < 1.29 is 9.18 Å². The molecule has 0 saturated heterocycles. The number of hydrogen-bond acceptors (Lipinski definition) is 1. The molecule has 0 atom stereocenters. The van der Waals surface area contributed by atoms with Gasteiger partial charge in [0.2, 0.25) is 5.91 Å². The summed E-state index contributed by atoms with van der Waals surface area (Å²) in [6, 6.07) is 14.8. The molecule has 0 spiro atoms. The van der Waals surface area contributed by atoms with Gasteiger partial charge in [0.05, 0.1) is 0 Å². The molecular formula is C23H27FN2O. The van der Waals surface area contributed by atoms with Crippen LogP contribution in [0.2, 0.25) is 0 Å². The van der Waals surface area contributed by atoms with E-state index in [1.165, 1.54) is 12.1 Å². The largest absolute Gasteiger partial charge is 0.341 e. The van der Waals surface area contributed by atoms with Gasteiger partial charge in [0.25, 0.3) is 0 Å². The normalized spacial score (nSPS) is 11.1. The summed E-state index contributed by atoms with van der Waals surface area (Å²) in [5, 5.41) is 1.09. The maximum absolute atomic E-state index is 13.4. The minimum Gasteiger partial charge on any atom is -0.341 e. The molecule has 4 heteroatoms. The maximum Gasteiger partial charge on any atom is 0.242 e. The van der Waals surface area contributed by atoms with Crippen LogP contribution in [0.15, 0.2) is 48.5 Å². The molecule has 3 nitrogen and oxygen atoms in total. The first-order chi connectivity index (χ1) is 13.0. The monoisotopic (exact) mass is 366 g/mol. The van der Waals surface area contributed by atoms with Gasteiger partial charge < -0.3 is 9.47 Å². The average molecular weight is 366 g/mol. The third kappa shape index (κ3) is 4.21. The second-order valence-corrected chi connectivity index (χ2v) is 7.07. The Morgan fingerprint density at radius 3 is 2.30 bits per heavy atom. The number of carbonyl (C=O) groups is 1. The summed E-state index contributed by atoms with van der Waals surface area (Å²) in [6.45, 7) is 8.08. The third-order valence-corrected chi connectivity index (χ3v) is 4.83. The fourth-order valence-corrected chi connectivity index (χ4v) is 3.53. The topological polar surface area (TPSA) is 25.2 Å². The molecule has 0 aliphatic carbocycles. The van der Waals surface area contributed by atoms with Crippen molar-refractivity contribution in [2.45, 2.75) is 40.2 Å². The summed E-state index contributed by atoms with van der Waals surface area (Å²) in [5.41, 5.74) is 4.04. The number of halogens is 1. The molecule has 0 saturated carbocycles. The van der Waals surface area contributed by atoms with Crippen LogP contribution in [0.25, 0.3) is 22.2 Å². The van der Waals surface area contributed by atoms with Gasteiger partial charge >= 0.3 is 0 Å². The first-order valence-corrected chi connectivity index (χ1v) is 9.67. The highest BCUT2D eigenvalue weighted by Crippen LogP contribution is 2.29. The molecule has 1 amide bonds. The number of benzene rings is 2. The van der Waals surface area contributed by atoms with Crippen molar-refractivity contribution in [2.75, 3.05) is 13.1 Å². The standard InChI is InChI=1S/C23H27FN2O/c1-4-12-25(13-5-2)23(27)16-26-21-14-17(3)6-7-19(21)15-22(26)18-8-10-20(24)11-9-18/h6-11,14-15H,4-5,12-13,16H2,1-3H3. The van der Waals surface area contributed by atoms with Crippen molar-refractivity contribution in [1.29, 1.82) is 0 Å². The highest BCUT2D eigenvalue weighted by molar-refractivity contribution is 5.89. The molecule has 1 aromatic heterocycles. The van der Waals surface area contributed by atoms with E-state index in [2.05, 4.69) is 49.6 Å². The van der Waals surface area contributed by atoms with Crippen LogP contribution >= 0.6 is 0 Å². The second kappa shape index (κ2) is 8.38. The molecule has 27 heavy (non-hydrogen) atoms. The molecule has 0 unspecified atom stereocenters. The molecule has 0 aliphatic heterocycles. The van der Waals surface area contributed by atoms with Crippen molar-refractivity contribution in [1.82, 2.24) is 9.47 Å². The van der Waals surface area contributed by atoms with Gasteiger partial charge in [-0.1, -0.05) is 26.0 Å². The van der Waals surface area contributed by atoms with Crippen LogP contribution in [0, 0.1) is 12.7 Å². The Kier molecular flexibility index (Phi) is 5.94. The van der Waals surface area contributed by atoms with Crippen LogP contribution in [-0.4, -0.2) is 28.5 Å². The maximum atomic E-state index is 13.4. The molecule has 142 valence electrons. The Hall–Kier alpha value is -2.62. The molecule has 1 heterocycles. The Bertz CT molecular complexity index is 921. The summed E-state index contributed by atoms with van der Waals surface area (Å²) in [4.78, 5) is 14.9. The molecular weight excluding hydrogens is 339 g/mol. The molecule has 2 aromatic carbocycles. The molecule has 0 radical (unpaired) electrons. The summed E-state index contributed by atoms with van der Waals surface area (Å²) >= 11 is 0. The number of nitrogens with zero attached hydrogens (tertiary/aromatic N) is 2. The van der Waals surface area contributed by atoms with E-state index in [1.807, 2.05) is 4.90 Å². The average Bonchev–Trinajstić information content (AvgIpc) is 3.00. The predicted molar refractivity (Wildman–Crippen MR) is 109 cm³/mol. The zero-order valence-electron chi connectivity index (χ0n) is 16.3. The molecule has 0 aliphatic rings. The van der Waals surface area contributed by atoms with Crippen LogP contribution in [0.1, 0.15) is 32.3 Å². The van der Waals surface area contributed by atoms with Crippen LogP contribution < -0.4 is 0 Å². The van der Waals surface area contributed by atoms with Gasteiger partial charge in [0, 0.05) is 29.7 Å². The number of carbonyl (C=O) groups excluding carboxylic acids is 1. The molecule has 0 fully saturated rings. The first kappa shape index (κ1) is 19.2. The quantitative estimate of drug-likeness (QED) is 0.549. The van der Waals surface area contributed by atoms with Crippen LogP contribution in [0.5, 0.6) is 0 Å². The zero-order chi connectivity index (χ0) is 19.4. The van der Waals surface area contributed by atoms with Crippen molar-refractivity contribution in [3.05, 3.63) is 59.9 Å². The first-order valence-electron chi connectivity index (χ1n) is 9.67. The highest BCUT2D eigenvalue weighted by atomic mass is 19.1. The van der Waals surface area contributed by atoms with E-state index in [1.54, 1.807) is 12.1 Å². The van der Waals surface area contributed by atoms with Gasteiger partial charge in [-0.15, -0.1) is 0 Å². The van der Waals surface area contributed by atoms with E-state index >= 15 is 0 Å². The van der Waals surface area contributed by atoms with E-state index < -0.39 is 0 Å². The van der Waals surface area contributed by atoms with E-state index in [9.17, 15) is 9.18 Å². The lowest BCUT2D eigenvalue weighted by Gasteiger charge is -2.23. The van der Waals surface area contributed by atoms with E-state index in [4.69, 9.17) is 0 Å². The number of amides is 1. The van der Waals surface area contributed by atoms with Crippen LogP contribution in [-0.2, 0) is 11.3 Å². The van der Waals surface area contributed by atoms with Gasteiger partial charge in [-0.25, -0.2) is 4.39 Å². The van der Waals surface area contributed by atoms with Crippen molar-refractivity contribution in [3.63, 3.8) is 0 Å². The predicted octanol–water partition coefficient (Wildman–Crippen LogP) is 5.40. The molecule has 0 bridgehead atoms. The van der Waals surface area contributed by atoms with Crippen molar-refractivity contribution in [2.24, 2.45) is 0 Å². The van der Waals surface area contributed by atoms with Crippen molar-refractivity contribution in [3.8, 4) is 11.3 Å². The summed E-state index contributed by atoms with van der Waals surface area (Å²) in [5.74, 6) is -0.133. The van der Waals surface area contributed by atoms with E-state index in [0.29, 0.717) is 6.54 Å². The number of fused-ring (bicyclic) bond motifs is 1. The van der Waals surface area contributed by atoms with E-state index in [-0.39, 0.29) is 11.7 Å². The minimum absolute atomic E-state index is 0.126. The van der Waals surface area contributed by atoms with Gasteiger partial charge in [0.1, 0.15) is 12.4 Å². The van der Waals surface area contributed by atoms with Crippen LogP contribution in [0.3, 0.4) is 0 Å². The lowest BCUT2D eigenvalue weighted by atomic mass is 10.1. The third-order valence-electron chi connectivity index (χ3n) is 4.83. The van der Waals surface area contributed by atoms with Crippen molar-refractivity contribution >= 4 is 16.8 Å². The molecule has 3 rings (SSSR count). The lowest BCUT2D eigenvalue weighted by Crippen LogP contribution is -2.35. The van der Waals surface area contributed by atoms with Gasteiger partial charge in [-0.2, -0.15) is 0 Å². The SMILES string of the molecule is CCCN(CCC)C(=O)Cn1c(-c2ccc(F)cc2)cc2ccc(C)cc21. The van der Waals surface area contributed by atoms with Gasteiger partial charge in [-0.3, -0.25) is 4.79 Å². The lowest BCUT2D eigenvalue weighted by molar-refractivity contribution is -0.131. The molecule has 3 aromatic rings. The van der Waals surface area contributed by atoms with Gasteiger partial charge in [0.15, 0.2) is 0 Å². The van der Waals surface area contributed by atoms with Crippen LogP contribution in [0.4, 0.5) is 4.39 Å². The highest BCUT2D eigenvalue weighted by Gasteiger charge is 2.17. The number of rotatable bonds is 7. The summed E-state index contributed by atoms with van der Waals surface area (Å²) < 4.78 is 15.4. The van der Waals surface area contributed by atoms with E-state index in [0.717, 1.165) is 53.7 Å². The fourth-order valence-electron chi connectivity index (χ4n) is 3.53. The number of hydrogen-bond donors (Lipinski definition) is 0. The second-order valence-electron chi connectivity index (χ2n) is 7.07. The Labute approximate surface area is 160 Å². The number of aromatic nitrogens is 1. The Morgan fingerprint density at radius 1 is 1.00 bits per heavy atom. The number of aryl methyl sites for hydroxylation is 1. The Balaban J connectivity index is 2.06. The minimum atomic E-state index is -0.259. The zero-order valence-corrected chi connectivity index (χ0v) is 16.3. The molecule has 0 N–H and O–H groups in total. The smallest absolute Gasteiger partial charge is 0.242 e. The Morgan fingerprint density at radius 2 is 1.67 bits per heavy atom. The fraction of sp³-hybridized carbons (Fsp3) is 0.348.